The van der Waals surface area contributed by atoms with E-state index >= 15 is 0 Å². The minimum atomic E-state index is -1.11. The topological polar surface area (TPSA) is 106 Å². The highest BCUT2D eigenvalue weighted by Gasteiger charge is 2.09. The van der Waals surface area contributed by atoms with Crippen molar-refractivity contribution in [3.63, 3.8) is 0 Å². The van der Waals surface area contributed by atoms with Crippen molar-refractivity contribution in [1.29, 1.82) is 0 Å². The summed E-state index contributed by atoms with van der Waals surface area (Å²) in [6.07, 6.45) is 4.34. The summed E-state index contributed by atoms with van der Waals surface area (Å²) in [5.74, 6) is -0.849. The highest BCUT2D eigenvalue weighted by molar-refractivity contribution is 5.84. The average Bonchev–Trinajstić information content (AvgIpc) is 2.85. The second kappa shape index (κ2) is 8.31. The lowest BCUT2D eigenvalue weighted by Gasteiger charge is -2.03. The quantitative estimate of drug-likeness (QED) is 0.588. The number of carbonyl (C=O) groups excluding carboxylic acids is 1. The van der Waals surface area contributed by atoms with Gasteiger partial charge >= 0.3 is 5.97 Å². The van der Waals surface area contributed by atoms with E-state index in [1.54, 1.807) is 6.07 Å². The standard InChI is InChI=1S/C13H20N2O4/c14-8-4-2-1-3-5-12(16)15-9-10-6-7-11(19-10)13(17)18/h6-7H,1-5,8-9,14H2,(H,15,16)(H,17,18). The van der Waals surface area contributed by atoms with Crippen LogP contribution in [0, 0.1) is 0 Å². The number of hydrogen-bond donors (Lipinski definition) is 3. The maximum Gasteiger partial charge on any atom is 0.371 e. The molecule has 1 aromatic heterocycles. The van der Waals surface area contributed by atoms with Gasteiger partial charge in [0.15, 0.2) is 0 Å². The van der Waals surface area contributed by atoms with E-state index in [9.17, 15) is 9.59 Å². The zero-order valence-corrected chi connectivity index (χ0v) is 10.9. The minimum absolute atomic E-state index is 0.0546. The lowest BCUT2D eigenvalue weighted by molar-refractivity contribution is -0.121. The first kappa shape index (κ1) is 15.2. The fourth-order valence-corrected chi connectivity index (χ4v) is 1.65. The van der Waals surface area contributed by atoms with Crippen molar-refractivity contribution in [2.75, 3.05) is 6.54 Å². The van der Waals surface area contributed by atoms with Crippen LogP contribution >= 0.6 is 0 Å². The van der Waals surface area contributed by atoms with Crippen molar-refractivity contribution >= 4 is 11.9 Å². The molecular formula is C13H20N2O4. The molecule has 0 atom stereocenters. The highest BCUT2D eigenvalue weighted by atomic mass is 16.4. The zero-order chi connectivity index (χ0) is 14.1. The number of rotatable bonds is 9. The number of carboxylic acids is 1. The predicted octanol–water partition coefficient (Wildman–Crippen LogP) is 1.50. The largest absolute Gasteiger partial charge is 0.475 e. The Morgan fingerprint density at radius 1 is 1.21 bits per heavy atom. The molecule has 0 aliphatic rings. The Bertz CT molecular complexity index is 415. The molecule has 0 bridgehead atoms. The van der Waals surface area contributed by atoms with Gasteiger partial charge in [0.1, 0.15) is 5.76 Å². The Morgan fingerprint density at radius 2 is 1.95 bits per heavy atom. The average molecular weight is 268 g/mol. The number of carbonyl (C=O) groups is 2. The van der Waals surface area contributed by atoms with Crippen molar-refractivity contribution in [1.82, 2.24) is 5.32 Å². The third-order valence-corrected chi connectivity index (χ3v) is 2.69. The summed E-state index contributed by atoms with van der Waals surface area (Å²) in [5.41, 5.74) is 5.37. The van der Waals surface area contributed by atoms with Crippen LogP contribution in [-0.2, 0) is 11.3 Å². The van der Waals surface area contributed by atoms with Crippen LogP contribution in [0.5, 0.6) is 0 Å². The fourth-order valence-electron chi connectivity index (χ4n) is 1.65. The first-order chi connectivity index (χ1) is 9.13. The normalized spacial score (nSPS) is 10.4. The summed E-state index contributed by atoms with van der Waals surface area (Å²) in [7, 11) is 0. The molecule has 1 rings (SSSR count). The second-order valence-corrected chi connectivity index (χ2v) is 4.30. The van der Waals surface area contributed by atoms with Gasteiger partial charge in [0.25, 0.3) is 0 Å². The van der Waals surface area contributed by atoms with Gasteiger partial charge in [-0.05, 0) is 31.5 Å². The minimum Gasteiger partial charge on any atom is -0.475 e. The van der Waals surface area contributed by atoms with E-state index in [-0.39, 0.29) is 18.2 Å². The summed E-state index contributed by atoms with van der Waals surface area (Å²) in [6.45, 7) is 0.908. The van der Waals surface area contributed by atoms with Crippen LogP contribution in [-0.4, -0.2) is 23.5 Å². The Balaban J connectivity index is 2.17. The van der Waals surface area contributed by atoms with E-state index in [1.807, 2.05) is 0 Å². The molecule has 0 saturated heterocycles. The van der Waals surface area contributed by atoms with Crippen LogP contribution in [0.4, 0.5) is 0 Å². The number of furan rings is 1. The molecule has 0 aromatic carbocycles. The maximum atomic E-state index is 11.5. The van der Waals surface area contributed by atoms with Crippen molar-refractivity contribution < 1.29 is 19.1 Å². The number of unbranched alkanes of at least 4 members (excludes halogenated alkanes) is 3. The van der Waals surface area contributed by atoms with E-state index in [2.05, 4.69) is 5.32 Å². The van der Waals surface area contributed by atoms with Crippen molar-refractivity contribution in [2.24, 2.45) is 5.73 Å². The summed E-state index contributed by atoms with van der Waals surface area (Å²) >= 11 is 0. The summed E-state index contributed by atoms with van der Waals surface area (Å²) in [4.78, 5) is 22.1. The Morgan fingerprint density at radius 3 is 2.58 bits per heavy atom. The van der Waals surface area contributed by atoms with Crippen LogP contribution in [0.2, 0.25) is 0 Å². The predicted molar refractivity (Wildman–Crippen MR) is 69.7 cm³/mol. The molecule has 0 spiro atoms. The summed E-state index contributed by atoms with van der Waals surface area (Å²) in [6, 6.07) is 2.92. The van der Waals surface area contributed by atoms with Crippen molar-refractivity contribution in [2.45, 2.75) is 38.6 Å². The van der Waals surface area contributed by atoms with Crippen LogP contribution in [0.25, 0.3) is 0 Å². The molecule has 6 nitrogen and oxygen atoms in total. The smallest absolute Gasteiger partial charge is 0.371 e. The van der Waals surface area contributed by atoms with Gasteiger partial charge in [-0.3, -0.25) is 4.79 Å². The number of aromatic carboxylic acids is 1. The molecule has 1 amide bonds. The van der Waals surface area contributed by atoms with Gasteiger partial charge in [-0.25, -0.2) is 4.79 Å². The molecular weight excluding hydrogens is 248 g/mol. The van der Waals surface area contributed by atoms with Crippen LogP contribution in [0.3, 0.4) is 0 Å². The molecule has 19 heavy (non-hydrogen) atoms. The molecule has 6 heteroatoms. The number of carboxylic acid groups (broad SMARTS) is 1. The molecule has 1 aromatic rings. The molecule has 0 unspecified atom stereocenters. The fraction of sp³-hybridized carbons (Fsp3) is 0.538. The maximum absolute atomic E-state index is 11.5. The summed E-state index contributed by atoms with van der Waals surface area (Å²) < 4.78 is 5.02. The number of nitrogens with one attached hydrogen (secondary N) is 1. The first-order valence-electron chi connectivity index (χ1n) is 6.42. The van der Waals surface area contributed by atoms with Crippen LogP contribution in [0.1, 0.15) is 48.4 Å². The molecule has 1 heterocycles. The molecule has 4 N–H and O–H groups in total. The molecule has 0 aliphatic carbocycles. The van der Waals surface area contributed by atoms with E-state index < -0.39 is 5.97 Å². The molecule has 0 fully saturated rings. The molecule has 0 aliphatic heterocycles. The van der Waals surface area contributed by atoms with Crippen LogP contribution in [0.15, 0.2) is 16.5 Å². The van der Waals surface area contributed by atoms with Crippen molar-refractivity contribution in [3.05, 3.63) is 23.7 Å². The van der Waals surface area contributed by atoms with Crippen LogP contribution < -0.4 is 11.1 Å². The van der Waals surface area contributed by atoms with Gasteiger partial charge in [0, 0.05) is 6.42 Å². The third kappa shape index (κ3) is 6.05. The molecule has 0 radical (unpaired) electrons. The zero-order valence-electron chi connectivity index (χ0n) is 10.9. The van der Waals surface area contributed by atoms with E-state index in [4.69, 9.17) is 15.3 Å². The Hall–Kier alpha value is -1.82. The highest BCUT2D eigenvalue weighted by Crippen LogP contribution is 2.08. The Kier molecular flexibility index (Phi) is 6.67. The summed E-state index contributed by atoms with van der Waals surface area (Å²) in [5, 5.41) is 11.4. The van der Waals surface area contributed by atoms with Gasteiger partial charge in [-0.1, -0.05) is 12.8 Å². The van der Waals surface area contributed by atoms with Gasteiger partial charge < -0.3 is 20.6 Å². The Labute approximate surface area is 112 Å². The third-order valence-electron chi connectivity index (χ3n) is 2.69. The lowest BCUT2D eigenvalue weighted by Crippen LogP contribution is -2.22. The second-order valence-electron chi connectivity index (χ2n) is 4.30. The SMILES string of the molecule is NCCCCCCC(=O)NCc1ccc(C(=O)O)o1. The first-order valence-corrected chi connectivity index (χ1v) is 6.42. The number of hydrogen-bond acceptors (Lipinski definition) is 4. The van der Waals surface area contributed by atoms with Gasteiger partial charge in [-0.2, -0.15) is 0 Å². The molecule has 0 saturated carbocycles. The van der Waals surface area contributed by atoms with Crippen molar-refractivity contribution in [3.8, 4) is 0 Å². The van der Waals surface area contributed by atoms with E-state index in [0.29, 0.717) is 18.7 Å². The molecule has 106 valence electrons. The number of amides is 1. The number of nitrogens with two attached hydrogens (primary N) is 1. The van der Waals surface area contributed by atoms with E-state index in [1.165, 1.54) is 6.07 Å². The monoisotopic (exact) mass is 268 g/mol. The van der Waals surface area contributed by atoms with Gasteiger partial charge in [-0.15, -0.1) is 0 Å². The van der Waals surface area contributed by atoms with Gasteiger partial charge in [0.2, 0.25) is 11.7 Å². The lowest BCUT2D eigenvalue weighted by atomic mass is 10.1. The van der Waals surface area contributed by atoms with Gasteiger partial charge in [0.05, 0.1) is 6.54 Å². The van der Waals surface area contributed by atoms with E-state index in [0.717, 1.165) is 25.7 Å².